The highest BCUT2D eigenvalue weighted by atomic mass is 16.5. The van der Waals surface area contributed by atoms with E-state index in [0.29, 0.717) is 17.9 Å². The van der Waals surface area contributed by atoms with Crippen LogP contribution in [0.5, 0.6) is 5.75 Å². The minimum absolute atomic E-state index is 0.000566. The Kier molecular flexibility index (Phi) is 6.77. The van der Waals surface area contributed by atoms with E-state index in [1.807, 2.05) is 18.2 Å². The van der Waals surface area contributed by atoms with Crippen LogP contribution in [-0.4, -0.2) is 35.8 Å². The van der Waals surface area contributed by atoms with Crippen LogP contribution in [-0.2, 0) is 27.5 Å². The molecule has 0 aromatic heterocycles. The van der Waals surface area contributed by atoms with Gasteiger partial charge in [0.25, 0.3) is 5.91 Å². The van der Waals surface area contributed by atoms with Crippen molar-refractivity contribution in [2.75, 3.05) is 7.11 Å². The molecule has 2 aromatic rings. The molecule has 2 amide bonds. The fourth-order valence-electron chi connectivity index (χ4n) is 3.94. The molecule has 1 atom stereocenters. The van der Waals surface area contributed by atoms with Crippen molar-refractivity contribution in [2.24, 2.45) is 11.7 Å². The van der Waals surface area contributed by atoms with E-state index in [1.165, 1.54) is 24.9 Å². The van der Waals surface area contributed by atoms with Crippen LogP contribution >= 0.6 is 0 Å². The summed E-state index contributed by atoms with van der Waals surface area (Å²) in [7, 11) is 1.28. The third kappa shape index (κ3) is 5.42. The minimum Gasteiger partial charge on any atom is -0.489 e. The van der Waals surface area contributed by atoms with E-state index in [9.17, 15) is 14.4 Å². The van der Waals surface area contributed by atoms with Gasteiger partial charge in [-0.15, -0.1) is 0 Å². The molecule has 7 nitrogen and oxygen atoms in total. The Balaban J connectivity index is 1.43. The van der Waals surface area contributed by atoms with Crippen LogP contribution in [0.3, 0.4) is 0 Å². The summed E-state index contributed by atoms with van der Waals surface area (Å²) in [6.07, 6.45) is 7.09. The molecular formula is C26H28N2O5. The van der Waals surface area contributed by atoms with E-state index in [1.54, 1.807) is 12.1 Å². The number of carbonyl (C=O) groups excluding carboxylic acids is 3. The Morgan fingerprint density at radius 3 is 2.61 bits per heavy atom. The van der Waals surface area contributed by atoms with Crippen LogP contribution in [0.2, 0.25) is 0 Å². The van der Waals surface area contributed by atoms with Crippen LogP contribution in [0.4, 0.5) is 0 Å². The number of primary amides is 1. The Bertz CT molecular complexity index is 1070. The molecule has 1 aliphatic heterocycles. The molecule has 0 saturated heterocycles. The number of allylic oxidation sites excluding steroid dienone is 1. The smallest absolute Gasteiger partial charge is 0.305 e. The molecule has 2 aromatic carbocycles. The molecule has 1 fully saturated rings. The molecule has 0 bridgehead atoms. The standard InChI is InChI=1S/C26H28N2O5/c1-32-24(29)14-13-22(25(27)30)28-15-21-20(26(28)31)3-2-4-23(21)33-16-19-11-9-18(10-12-19)8-7-17-5-6-17/h2-4,7-12,17,22H,5-6,13-16H2,1H3,(H2,27,30). The number of nitrogens with two attached hydrogens (primary N) is 1. The number of nitrogens with zero attached hydrogens (tertiary/aromatic N) is 1. The summed E-state index contributed by atoms with van der Waals surface area (Å²) < 4.78 is 10.7. The molecule has 33 heavy (non-hydrogen) atoms. The van der Waals surface area contributed by atoms with Gasteiger partial charge in [-0.05, 0) is 48.4 Å². The number of rotatable bonds is 10. The first-order valence-corrected chi connectivity index (χ1v) is 11.1. The van der Waals surface area contributed by atoms with Gasteiger partial charge in [-0.3, -0.25) is 14.4 Å². The fourth-order valence-corrected chi connectivity index (χ4v) is 3.94. The zero-order valence-corrected chi connectivity index (χ0v) is 18.7. The molecule has 7 heteroatoms. The molecule has 0 spiro atoms. The fraction of sp³-hybridized carbons (Fsp3) is 0.346. The lowest BCUT2D eigenvalue weighted by Crippen LogP contribution is -2.45. The van der Waals surface area contributed by atoms with Crippen molar-refractivity contribution < 1.29 is 23.9 Å². The SMILES string of the molecule is COC(=O)CCC(C(N)=O)N1Cc2c(OCc3ccc(C=CC4CC4)cc3)cccc2C1=O. The maximum atomic E-state index is 13.0. The van der Waals surface area contributed by atoms with Crippen molar-refractivity contribution in [1.82, 2.24) is 4.90 Å². The maximum Gasteiger partial charge on any atom is 0.305 e. The first kappa shape index (κ1) is 22.6. The van der Waals surface area contributed by atoms with Gasteiger partial charge in [0, 0.05) is 17.5 Å². The lowest BCUT2D eigenvalue weighted by molar-refractivity contribution is -0.141. The lowest BCUT2D eigenvalue weighted by Gasteiger charge is -2.24. The van der Waals surface area contributed by atoms with Gasteiger partial charge < -0.3 is 20.1 Å². The van der Waals surface area contributed by atoms with Crippen LogP contribution < -0.4 is 10.5 Å². The first-order chi connectivity index (χ1) is 16.0. The van der Waals surface area contributed by atoms with Crippen LogP contribution in [0.25, 0.3) is 6.08 Å². The highest BCUT2D eigenvalue weighted by Gasteiger charge is 2.37. The number of hydrogen-bond donors (Lipinski definition) is 1. The van der Waals surface area contributed by atoms with Crippen molar-refractivity contribution in [1.29, 1.82) is 0 Å². The average Bonchev–Trinajstić information content (AvgIpc) is 3.60. The number of hydrogen-bond acceptors (Lipinski definition) is 5. The van der Waals surface area contributed by atoms with E-state index in [2.05, 4.69) is 29.0 Å². The van der Waals surface area contributed by atoms with Gasteiger partial charge in [0.1, 0.15) is 18.4 Å². The van der Waals surface area contributed by atoms with Gasteiger partial charge in [0.2, 0.25) is 5.91 Å². The highest BCUT2D eigenvalue weighted by Crippen LogP contribution is 2.33. The average molecular weight is 449 g/mol. The van der Waals surface area contributed by atoms with Crippen LogP contribution in [0.15, 0.2) is 48.5 Å². The van der Waals surface area contributed by atoms with Gasteiger partial charge in [0.05, 0.1) is 13.7 Å². The van der Waals surface area contributed by atoms with Crippen molar-refractivity contribution in [3.05, 3.63) is 70.8 Å². The van der Waals surface area contributed by atoms with Gasteiger partial charge in [-0.2, -0.15) is 0 Å². The summed E-state index contributed by atoms with van der Waals surface area (Å²) in [5.41, 5.74) is 8.93. The highest BCUT2D eigenvalue weighted by molar-refractivity contribution is 6.01. The van der Waals surface area contributed by atoms with Gasteiger partial charge in [0.15, 0.2) is 0 Å². The van der Waals surface area contributed by atoms with E-state index in [0.717, 1.165) is 22.6 Å². The minimum atomic E-state index is -0.895. The number of fused-ring (bicyclic) bond motifs is 1. The summed E-state index contributed by atoms with van der Waals surface area (Å²) in [6, 6.07) is 12.6. The maximum absolute atomic E-state index is 13.0. The monoisotopic (exact) mass is 448 g/mol. The number of carbonyl (C=O) groups is 3. The topological polar surface area (TPSA) is 98.9 Å². The third-order valence-corrected chi connectivity index (χ3v) is 6.06. The summed E-state index contributed by atoms with van der Waals surface area (Å²) in [6.45, 7) is 0.558. The summed E-state index contributed by atoms with van der Waals surface area (Å²) in [5.74, 6) is -0.0694. The Morgan fingerprint density at radius 2 is 1.94 bits per heavy atom. The number of benzene rings is 2. The number of amides is 2. The van der Waals surface area contributed by atoms with E-state index in [4.69, 9.17) is 10.5 Å². The van der Waals surface area contributed by atoms with E-state index in [-0.39, 0.29) is 25.3 Å². The number of esters is 1. The molecule has 1 unspecified atom stereocenters. The molecular weight excluding hydrogens is 420 g/mol. The second-order valence-electron chi connectivity index (χ2n) is 8.48. The molecule has 1 aliphatic carbocycles. The zero-order chi connectivity index (χ0) is 23.4. The summed E-state index contributed by atoms with van der Waals surface area (Å²) in [4.78, 5) is 37.9. The Hall–Kier alpha value is -3.61. The first-order valence-electron chi connectivity index (χ1n) is 11.1. The summed E-state index contributed by atoms with van der Waals surface area (Å²) >= 11 is 0. The molecule has 2 N–H and O–H groups in total. The van der Waals surface area contributed by atoms with E-state index < -0.39 is 17.9 Å². The Labute approximate surface area is 193 Å². The molecule has 172 valence electrons. The lowest BCUT2D eigenvalue weighted by atomic mass is 10.1. The normalized spacial score (nSPS) is 16.0. The number of ether oxygens (including phenoxy) is 2. The van der Waals surface area contributed by atoms with Crippen molar-refractivity contribution in [3.8, 4) is 5.75 Å². The second-order valence-corrected chi connectivity index (χ2v) is 8.48. The van der Waals surface area contributed by atoms with Crippen molar-refractivity contribution in [3.63, 3.8) is 0 Å². The second kappa shape index (κ2) is 9.90. The van der Waals surface area contributed by atoms with Crippen molar-refractivity contribution >= 4 is 23.9 Å². The third-order valence-electron chi connectivity index (χ3n) is 6.06. The van der Waals surface area contributed by atoms with Crippen molar-refractivity contribution in [2.45, 2.75) is 44.9 Å². The van der Waals surface area contributed by atoms with Gasteiger partial charge >= 0.3 is 5.97 Å². The molecule has 1 heterocycles. The largest absolute Gasteiger partial charge is 0.489 e. The zero-order valence-electron chi connectivity index (χ0n) is 18.7. The quantitative estimate of drug-likeness (QED) is 0.561. The molecule has 0 radical (unpaired) electrons. The predicted molar refractivity (Wildman–Crippen MR) is 123 cm³/mol. The van der Waals surface area contributed by atoms with Gasteiger partial charge in [-0.25, -0.2) is 0 Å². The molecule has 4 rings (SSSR count). The number of methoxy groups -OCH3 is 1. The summed E-state index contributed by atoms with van der Waals surface area (Å²) in [5, 5.41) is 0. The molecule has 2 aliphatic rings. The van der Waals surface area contributed by atoms with E-state index >= 15 is 0 Å². The Morgan fingerprint density at radius 1 is 1.18 bits per heavy atom. The molecule has 1 saturated carbocycles. The van der Waals surface area contributed by atoms with Crippen LogP contribution in [0, 0.1) is 5.92 Å². The predicted octanol–water partition coefficient (Wildman–Crippen LogP) is 3.45. The van der Waals surface area contributed by atoms with Crippen LogP contribution in [0.1, 0.15) is 52.7 Å². The van der Waals surface area contributed by atoms with Gasteiger partial charge in [-0.1, -0.05) is 42.5 Å².